The smallest absolute Gasteiger partial charge is 0.334 e. The summed E-state index contributed by atoms with van der Waals surface area (Å²) in [5.41, 5.74) is 3.25. The number of benzene rings is 2. The van der Waals surface area contributed by atoms with E-state index in [1.54, 1.807) is 24.5 Å². The number of unbranched alkanes of at least 4 members (excludes halogenated alkanes) is 4. The molecular weight excluding hydrogens is 677 g/mol. The lowest BCUT2D eigenvalue weighted by molar-refractivity contribution is -0.142. The zero-order valence-electron chi connectivity index (χ0n) is 30.1. The quantitative estimate of drug-likeness (QED) is 0.0812. The molecule has 11 heteroatoms. The first-order valence-electron chi connectivity index (χ1n) is 17.6. The molecular formula is C41H46N4O6S. The number of carbonyl (C=O) groups is 3. The molecule has 0 aliphatic rings. The topological polar surface area (TPSA) is 144 Å². The molecule has 272 valence electrons. The summed E-state index contributed by atoms with van der Waals surface area (Å²) in [6.07, 6.45) is 11.0. The molecule has 3 heterocycles. The van der Waals surface area contributed by atoms with Gasteiger partial charge in [-0.25, -0.2) is 14.8 Å². The van der Waals surface area contributed by atoms with Gasteiger partial charge in [-0.1, -0.05) is 89.8 Å². The Balaban J connectivity index is 1.25. The van der Waals surface area contributed by atoms with E-state index < -0.39 is 29.9 Å². The first kappa shape index (κ1) is 38.0. The Hall–Kier alpha value is -5.29. The number of ether oxygens (including phenoxy) is 1. The fourth-order valence-electron chi connectivity index (χ4n) is 5.55. The van der Waals surface area contributed by atoms with E-state index >= 15 is 0 Å². The zero-order valence-corrected chi connectivity index (χ0v) is 30.9. The van der Waals surface area contributed by atoms with Gasteiger partial charge in [-0.2, -0.15) is 0 Å². The zero-order chi connectivity index (χ0) is 37.1. The molecule has 0 aliphatic carbocycles. The van der Waals surface area contributed by atoms with Crippen LogP contribution in [-0.4, -0.2) is 45.5 Å². The van der Waals surface area contributed by atoms with Crippen LogP contribution < -0.4 is 15.4 Å². The number of thiophene rings is 1. The van der Waals surface area contributed by atoms with Crippen molar-refractivity contribution in [3.63, 3.8) is 0 Å². The number of aliphatic carboxylic acids is 1. The Morgan fingerprint density at radius 2 is 1.54 bits per heavy atom. The number of nitrogens with zero attached hydrogens (tertiary/aromatic N) is 2. The first-order valence-corrected chi connectivity index (χ1v) is 18.5. The molecule has 2 atom stereocenters. The Bertz CT molecular complexity index is 1900. The fraction of sp³-hybridized carbons (Fsp3) is 0.341. The van der Waals surface area contributed by atoms with E-state index in [4.69, 9.17) is 9.15 Å². The molecule has 0 radical (unpaired) electrons. The van der Waals surface area contributed by atoms with E-state index in [0.29, 0.717) is 17.3 Å². The molecule has 10 nitrogen and oxygen atoms in total. The summed E-state index contributed by atoms with van der Waals surface area (Å²) in [6, 6.07) is 19.5. The number of rotatable bonds is 17. The molecule has 2 aromatic carbocycles. The van der Waals surface area contributed by atoms with Crippen LogP contribution in [0.25, 0.3) is 22.5 Å². The van der Waals surface area contributed by atoms with E-state index in [1.807, 2.05) is 54.6 Å². The number of amides is 2. The summed E-state index contributed by atoms with van der Waals surface area (Å²) < 4.78 is 11.2. The highest BCUT2D eigenvalue weighted by atomic mass is 32.1. The van der Waals surface area contributed by atoms with Crippen LogP contribution in [0.3, 0.4) is 0 Å². The summed E-state index contributed by atoms with van der Waals surface area (Å²) in [7, 11) is 0. The third-order valence-corrected chi connectivity index (χ3v) is 10.1. The highest BCUT2D eigenvalue weighted by Gasteiger charge is 2.30. The van der Waals surface area contributed by atoms with Crippen molar-refractivity contribution in [2.24, 2.45) is 0 Å². The van der Waals surface area contributed by atoms with Gasteiger partial charge in [0.2, 0.25) is 5.91 Å². The molecule has 3 N–H and O–H groups in total. The second-order valence-electron chi connectivity index (χ2n) is 13.7. The number of hydrogen-bond donors (Lipinski definition) is 3. The lowest BCUT2D eigenvalue weighted by atomic mass is 9.95. The average Bonchev–Trinajstić information content (AvgIpc) is 3.86. The summed E-state index contributed by atoms with van der Waals surface area (Å²) in [6.45, 7) is 9.11. The normalized spacial score (nSPS) is 12.5. The van der Waals surface area contributed by atoms with E-state index in [2.05, 4.69) is 48.3 Å². The van der Waals surface area contributed by atoms with E-state index in [9.17, 15) is 19.5 Å². The van der Waals surface area contributed by atoms with Crippen molar-refractivity contribution < 1.29 is 28.6 Å². The maximum absolute atomic E-state index is 13.6. The fourth-order valence-corrected chi connectivity index (χ4v) is 6.51. The van der Waals surface area contributed by atoms with Crippen LogP contribution in [0.2, 0.25) is 0 Å². The standard InChI is InChI=1S/C41H46N4O6S/c1-5-6-7-8-9-22-50-31-18-16-28(17-19-31)30-25-42-37(43-26-30)29-14-12-27(13-15-29)24-32(38(46)45-36(40(48)49)33-11-10-23-51-33)44-39(47)34-20-21-35(52-34)41(2,3)4/h10-21,23,25-26,32,36H,5-9,22,24H2,1-4H3,(H,44,47)(H,45,46)(H,48,49). The third-order valence-electron chi connectivity index (χ3n) is 8.56. The number of carboxylic acids is 1. The van der Waals surface area contributed by atoms with E-state index in [1.165, 1.54) is 49.3 Å². The maximum atomic E-state index is 13.6. The molecule has 0 spiro atoms. The second-order valence-corrected chi connectivity index (χ2v) is 14.8. The summed E-state index contributed by atoms with van der Waals surface area (Å²) >= 11 is 1.36. The Kier molecular flexibility index (Phi) is 13.0. The molecule has 0 saturated carbocycles. The van der Waals surface area contributed by atoms with Gasteiger partial charge >= 0.3 is 5.97 Å². The van der Waals surface area contributed by atoms with Crippen molar-refractivity contribution >= 4 is 29.1 Å². The van der Waals surface area contributed by atoms with Crippen LogP contribution >= 0.6 is 11.3 Å². The van der Waals surface area contributed by atoms with Gasteiger partial charge in [0.15, 0.2) is 11.9 Å². The second kappa shape index (κ2) is 17.8. The van der Waals surface area contributed by atoms with Crippen molar-refractivity contribution in [3.8, 4) is 28.3 Å². The molecule has 0 saturated heterocycles. The predicted octanol–water partition coefficient (Wildman–Crippen LogP) is 8.40. The molecule has 2 unspecified atom stereocenters. The van der Waals surface area contributed by atoms with Crippen molar-refractivity contribution in [1.29, 1.82) is 0 Å². The minimum atomic E-state index is -1.42. The number of nitrogens with one attached hydrogen (secondary N) is 2. The molecule has 0 fully saturated rings. The van der Waals surface area contributed by atoms with Gasteiger partial charge in [0.05, 0.1) is 17.7 Å². The largest absolute Gasteiger partial charge is 0.494 e. The Morgan fingerprint density at radius 1 is 0.846 bits per heavy atom. The van der Waals surface area contributed by atoms with Gasteiger partial charge in [0.1, 0.15) is 17.6 Å². The Labute approximate surface area is 308 Å². The van der Waals surface area contributed by atoms with Gasteiger partial charge in [-0.05, 0) is 59.4 Å². The van der Waals surface area contributed by atoms with Crippen LogP contribution in [0.4, 0.5) is 0 Å². The molecule has 2 amide bonds. The SMILES string of the molecule is CCCCCCCOc1ccc(-c2cnc(-c3ccc(CC(NC(=O)c4ccc(C(C)(C)C)s4)C(=O)NC(C(=O)O)c4ccco4)cc3)nc2)cc1. The van der Waals surface area contributed by atoms with E-state index in [0.717, 1.165) is 39.3 Å². The Morgan fingerprint density at radius 3 is 2.15 bits per heavy atom. The number of furan rings is 1. The summed E-state index contributed by atoms with van der Waals surface area (Å²) in [5, 5.41) is 15.2. The molecule has 52 heavy (non-hydrogen) atoms. The average molecular weight is 723 g/mol. The van der Waals surface area contributed by atoms with Crippen molar-refractivity contribution in [2.75, 3.05) is 6.61 Å². The van der Waals surface area contributed by atoms with Gasteiger partial charge in [0.25, 0.3) is 5.91 Å². The van der Waals surface area contributed by atoms with Crippen LogP contribution in [0.15, 0.2) is 95.9 Å². The number of carboxylic acid groups (broad SMARTS) is 1. The van der Waals surface area contributed by atoms with Gasteiger partial charge < -0.3 is 24.9 Å². The minimum absolute atomic E-state index is 0.0731. The van der Waals surface area contributed by atoms with Crippen molar-refractivity contribution in [1.82, 2.24) is 20.6 Å². The monoisotopic (exact) mass is 722 g/mol. The predicted molar refractivity (Wildman–Crippen MR) is 202 cm³/mol. The first-order chi connectivity index (χ1) is 25.0. The molecule has 5 rings (SSSR count). The van der Waals surface area contributed by atoms with E-state index in [-0.39, 0.29) is 17.6 Å². The molecule has 0 aliphatic heterocycles. The number of aromatic nitrogens is 2. The van der Waals surface area contributed by atoms with Gasteiger partial charge in [-0.3, -0.25) is 9.59 Å². The van der Waals surface area contributed by atoms with Crippen LogP contribution in [0.5, 0.6) is 5.75 Å². The summed E-state index contributed by atoms with van der Waals surface area (Å²) in [5.74, 6) is -0.909. The van der Waals surface area contributed by atoms with Crippen molar-refractivity contribution in [2.45, 2.75) is 83.7 Å². The molecule has 0 bridgehead atoms. The van der Waals surface area contributed by atoms with Crippen molar-refractivity contribution in [3.05, 3.63) is 113 Å². The lowest BCUT2D eigenvalue weighted by Crippen LogP contribution is -2.49. The molecule has 3 aromatic heterocycles. The highest BCUT2D eigenvalue weighted by molar-refractivity contribution is 7.14. The van der Waals surface area contributed by atoms with Gasteiger partial charge in [-0.15, -0.1) is 11.3 Å². The third kappa shape index (κ3) is 10.4. The van der Waals surface area contributed by atoms with Crippen LogP contribution in [-0.2, 0) is 21.4 Å². The van der Waals surface area contributed by atoms with Crippen LogP contribution in [0, 0.1) is 0 Å². The van der Waals surface area contributed by atoms with Gasteiger partial charge in [0, 0.05) is 34.8 Å². The minimum Gasteiger partial charge on any atom is -0.494 e. The number of hydrogen-bond acceptors (Lipinski definition) is 8. The maximum Gasteiger partial charge on any atom is 0.334 e. The van der Waals surface area contributed by atoms with Crippen LogP contribution in [0.1, 0.15) is 91.7 Å². The highest BCUT2D eigenvalue weighted by Crippen LogP contribution is 2.30. The number of carbonyl (C=O) groups excluding carboxylic acids is 2. The molecule has 5 aromatic rings. The summed E-state index contributed by atoms with van der Waals surface area (Å²) in [4.78, 5) is 49.6. The lowest BCUT2D eigenvalue weighted by Gasteiger charge is -2.21.